The molecule has 0 saturated heterocycles. The van der Waals surface area contributed by atoms with Crippen LogP contribution in [-0.2, 0) is 5.54 Å². The third-order valence-electron chi connectivity index (χ3n) is 4.94. The van der Waals surface area contributed by atoms with E-state index in [1.54, 1.807) is 0 Å². The summed E-state index contributed by atoms with van der Waals surface area (Å²) in [4.78, 5) is 2.53. The van der Waals surface area contributed by atoms with Crippen LogP contribution in [0, 0.1) is 0 Å². The molecule has 0 fully saturated rings. The van der Waals surface area contributed by atoms with E-state index in [4.69, 9.17) is 5.73 Å². The molecular formula is C24H28N2. The predicted octanol–water partition coefficient (Wildman–Crippen LogP) is 4.65. The maximum absolute atomic E-state index is 6.05. The first-order valence-electron chi connectivity index (χ1n) is 9.45. The van der Waals surface area contributed by atoms with Gasteiger partial charge in [-0.1, -0.05) is 97.9 Å². The minimum Gasteiger partial charge on any atom is -0.329 e. The van der Waals surface area contributed by atoms with E-state index in [1.807, 2.05) is 0 Å². The number of rotatable bonds is 8. The number of benzene rings is 3. The number of nitrogens with two attached hydrogens (primary N) is 1. The lowest BCUT2D eigenvalue weighted by molar-refractivity contribution is 0.161. The highest BCUT2D eigenvalue weighted by Gasteiger charge is 2.41. The van der Waals surface area contributed by atoms with E-state index in [0.29, 0.717) is 6.54 Å². The topological polar surface area (TPSA) is 29.3 Å². The van der Waals surface area contributed by atoms with Gasteiger partial charge in [-0.15, -0.1) is 0 Å². The zero-order valence-electron chi connectivity index (χ0n) is 15.5. The molecule has 0 unspecified atom stereocenters. The fourth-order valence-electron chi connectivity index (χ4n) is 3.96. The molecule has 26 heavy (non-hydrogen) atoms. The van der Waals surface area contributed by atoms with E-state index >= 15 is 0 Å². The van der Waals surface area contributed by atoms with Crippen LogP contribution in [0.5, 0.6) is 0 Å². The van der Waals surface area contributed by atoms with Crippen LogP contribution in [0.3, 0.4) is 0 Å². The number of hydrogen-bond acceptors (Lipinski definition) is 2. The van der Waals surface area contributed by atoms with Gasteiger partial charge in [-0.3, -0.25) is 4.90 Å². The smallest absolute Gasteiger partial charge is 0.0973 e. The van der Waals surface area contributed by atoms with E-state index in [2.05, 4.69) is 103 Å². The van der Waals surface area contributed by atoms with E-state index in [-0.39, 0.29) is 5.54 Å². The Kier molecular flexibility index (Phi) is 6.21. The predicted molar refractivity (Wildman–Crippen MR) is 110 cm³/mol. The van der Waals surface area contributed by atoms with Crippen molar-refractivity contribution in [1.82, 2.24) is 4.90 Å². The Bertz CT molecular complexity index is 666. The van der Waals surface area contributed by atoms with Crippen LogP contribution >= 0.6 is 0 Å². The molecule has 0 radical (unpaired) electrons. The standard InChI is InChI=1S/C24H28N2/c1-2-19-26(20-18-25)24(21-12-6-3-7-13-21,22-14-8-4-9-15-22)23-16-10-5-11-17-23/h3-17H,2,18-20,25H2,1H3. The molecule has 3 aromatic carbocycles. The van der Waals surface area contributed by atoms with E-state index in [0.717, 1.165) is 19.5 Å². The third-order valence-corrected chi connectivity index (χ3v) is 4.94. The van der Waals surface area contributed by atoms with Gasteiger partial charge in [-0.25, -0.2) is 0 Å². The van der Waals surface area contributed by atoms with Gasteiger partial charge in [0.1, 0.15) is 0 Å². The Morgan fingerprint density at radius 2 is 1.04 bits per heavy atom. The monoisotopic (exact) mass is 344 g/mol. The summed E-state index contributed by atoms with van der Waals surface area (Å²) in [6.07, 6.45) is 1.08. The molecule has 0 aromatic heterocycles. The van der Waals surface area contributed by atoms with Gasteiger partial charge in [0.05, 0.1) is 5.54 Å². The molecule has 0 aliphatic carbocycles. The summed E-state index contributed by atoms with van der Waals surface area (Å²) in [5.74, 6) is 0. The Hall–Kier alpha value is -2.42. The summed E-state index contributed by atoms with van der Waals surface area (Å²) in [6, 6.07) is 32.4. The molecule has 0 saturated carbocycles. The molecule has 0 heterocycles. The zero-order valence-corrected chi connectivity index (χ0v) is 15.5. The van der Waals surface area contributed by atoms with Crippen molar-refractivity contribution in [3.8, 4) is 0 Å². The highest BCUT2D eigenvalue weighted by molar-refractivity contribution is 5.49. The maximum Gasteiger partial charge on any atom is 0.0973 e. The summed E-state index contributed by atoms with van der Waals surface area (Å²) in [5.41, 5.74) is 9.53. The van der Waals surface area contributed by atoms with E-state index in [1.165, 1.54) is 16.7 Å². The Balaban J connectivity index is 2.34. The second-order valence-corrected chi connectivity index (χ2v) is 6.58. The minimum atomic E-state index is -0.348. The summed E-state index contributed by atoms with van der Waals surface area (Å²) in [6.45, 7) is 4.69. The van der Waals surface area contributed by atoms with Crippen molar-refractivity contribution < 1.29 is 0 Å². The summed E-state index contributed by atoms with van der Waals surface area (Å²) < 4.78 is 0. The van der Waals surface area contributed by atoms with Crippen LogP contribution in [0.1, 0.15) is 30.0 Å². The van der Waals surface area contributed by atoms with Crippen LogP contribution in [0.2, 0.25) is 0 Å². The minimum absolute atomic E-state index is 0.348. The maximum atomic E-state index is 6.05. The highest BCUT2D eigenvalue weighted by Crippen LogP contribution is 2.42. The van der Waals surface area contributed by atoms with Gasteiger partial charge in [0.2, 0.25) is 0 Å². The lowest BCUT2D eigenvalue weighted by Crippen LogP contribution is -2.50. The first kappa shape index (κ1) is 18.4. The SMILES string of the molecule is CCCN(CCN)C(c1ccccc1)(c1ccccc1)c1ccccc1. The molecule has 2 nitrogen and oxygen atoms in total. The van der Waals surface area contributed by atoms with Crippen LogP contribution in [0.15, 0.2) is 91.0 Å². The highest BCUT2D eigenvalue weighted by atomic mass is 15.2. The summed E-state index contributed by atoms with van der Waals surface area (Å²) in [7, 11) is 0. The lowest BCUT2D eigenvalue weighted by Gasteiger charge is -2.45. The van der Waals surface area contributed by atoms with Crippen molar-refractivity contribution >= 4 is 0 Å². The second kappa shape index (κ2) is 8.79. The zero-order chi connectivity index (χ0) is 18.2. The summed E-state index contributed by atoms with van der Waals surface area (Å²) >= 11 is 0. The van der Waals surface area contributed by atoms with E-state index in [9.17, 15) is 0 Å². The van der Waals surface area contributed by atoms with Crippen LogP contribution in [-0.4, -0.2) is 24.5 Å². The molecule has 2 N–H and O–H groups in total. The fraction of sp³-hybridized carbons (Fsp3) is 0.250. The molecule has 0 bridgehead atoms. The second-order valence-electron chi connectivity index (χ2n) is 6.58. The Morgan fingerprint density at radius 1 is 0.654 bits per heavy atom. The average Bonchev–Trinajstić information content (AvgIpc) is 2.71. The van der Waals surface area contributed by atoms with Crippen LogP contribution in [0.4, 0.5) is 0 Å². The van der Waals surface area contributed by atoms with Gasteiger partial charge in [0.25, 0.3) is 0 Å². The molecular weight excluding hydrogens is 316 g/mol. The number of hydrogen-bond donors (Lipinski definition) is 1. The molecule has 3 aromatic rings. The first-order valence-corrected chi connectivity index (χ1v) is 9.45. The molecule has 0 spiro atoms. The van der Waals surface area contributed by atoms with Crippen molar-refractivity contribution in [2.24, 2.45) is 5.73 Å². The van der Waals surface area contributed by atoms with Crippen molar-refractivity contribution in [2.45, 2.75) is 18.9 Å². The molecule has 0 atom stereocenters. The van der Waals surface area contributed by atoms with Crippen molar-refractivity contribution in [3.05, 3.63) is 108 Å². The van der Waals surface area contributed by atoms with Crippen LogP contribution < -0.4 is 5.73 Å². The Morgan fingerprint density at radius 3 is 1.35 bits per heavy atom. The lowest BCUT2D eigenvalue weighted by atomic mass is 9.75. The largest absolute Gasteiger partial charge is 0.329 e. The van der Waals surface area contributed by atoms with Crippen LogP contribution in [0.25, 0.3) is 0 Å². The normalized spacial score (nSPS) is 11.7. The molecule has 3 rings (SSSR count). The van der Waals surface area contributed by atoms with Gasteiger partial charge in [-0.05, 0) is 29.7 Å². The quantitative estimate of drug-likeness (QED) is 0.603. The van der Waals surface area contributed by atoms with Gasteiger partial charge in [0, 0.05) is 13.1 Å². The van der Waals surface area contributed by atoms with Crippen molar-refractivity contribution in [3.63, 3.8) is 0 Å². The van der Waals surface area contributed by atoms with Crippen molar-refractivity contribution in [2.75, 3.05) is 19.6 Å². The number of nitrogens with zero attached hydrogens (tertiary/aromatic N) is 1. The van der Waals surface area contributed by atoms with E-state index < -0.39 is 0 Å². The summed E-state index contributed by atoms with van der Waals surface area (Å²) in [5, 5.41) is 0. The van der Waals surface area contributed by atoms with Gasteiger partial charge < -0.3 is 5.73 Å². The third kappa shape index (κ3) is 3.44. The molecule has 2 heteroatoms. The molecule has 134 valence electrons. The van der Waals surface area contributed by atoms with Gasteiger partial charge >= 0.3 is 0 Å². The molecule has 0 amide bonds. The van der Waals surface area contributed by atoms with Gasteiger partial charge in [-0.2, -0.15) is 0 Å². The Labute approximate surface area is 157 Å². The first-order chi connectivity index (χ1) is 12.8. The molecule has 0 aliphatic rings. The van der Waals surface area contributed by atoms with Gasteiger partial charge in [0.15, 0.2) is 0 Å². The molecule has 0 aliphatic heterocycles. The fourth-order valence-corrected chi connectivity index (χ4v) is 3.96. The average molecular weight is 345 g/mol. The van der Waals surface area contributed by atoms with Crippen molar-refractivity contribution in [1.29, 1.82) is 0 Å².